The monoisotopic (exact) mass is 232 g/mol. The summed E-state index contributed by atoms with van der Waals surface area (Å²) in [5.41, 5.74) is 8.90. The number of nitrogen functional groups attached to an aromatic ring is 1. The predicted molar refractivity (Wildman–Crippen MR) is 70.9 cm³/mol. The van der Waals surface area contributed by atoms with E-state index in [4.69, 9.17) is 5.73 Å². The summed E-state index contributed by atoms with van der Waals surface area (Å²) in [5, 5.41) is 0. The number of rotatable bonds is 4. The van der Waals surface area contributed by atoms with Crippen molar-refractivity contribution >= 4 is 17.1 Å². The molecule has 0 aliphatic rings. The minimum absolute atomic E-state index is 0.357. The van der Waals surface area contributed by atoms with Crippen LogP contribution in [0.1, 0.15) is 44.7 Å². The topological polar surface area (TPSA) is 56.7 Å². The van der Waals surface area contributed by atoms with Crippen molar-refractivity contribution in [2.45, 2.75) is 46.1 Å². The lowest BCUT2D eigenvalue weighted by molar-refractivity contribution is 0.499. The fraction of sp³-hybridized carbons (Fsp3) is 0.538. The summed E-state index contributed by atoms with van der Waals surface area (Å²) in [6.07, 6.45) is 5.38. The van der Waals surface area contributed by atoms with Crippen LogP contribution in [-0.2, 0) is 0 Å². The first-order chi connectivity index (χ1) is 8.13. The first-order valence-corrected chi connectivity index (χ1v) is 6.23. The number of pyridine rings is 1. The highest BCUT2D eigenvalue weighted by molar-refractivity contribution is 5.74. The van der Waals surface area contributed by atoms with Gasteiger partial charge in [-0.25, -0.2) is 9.97 Å². The minimum Gasteiger partial charge on any atom is -0.369 e. The van der Waals surface area contributed by atoms with Crippen molar-refractivity contribution in [1.82, 2.24) is 14.5 Å². The Labute approximate surface area is 102 Å². The summed E-state index contributed by atoms with van der Waals surface area (Å²) in [7, 11) is 0. The minimum atomic E-state index is 0.357. The molecule has 2 aromatic heterocycles. The number of nitrogens with two attached hydrogens (primary N) is 1. The Morgan fingerprint density at radius 2 is 2.24 bits per heavy atom. The van der Waals surface area contributed by atoms with Crippen LogP contribution in [-0.4, -0.2) is 14.5 Å². The van der Waals surface area contributed by atoms with Crippen LogP contribution in [0.5, 0.6) is 0 Å². The molecule has 0 saturated carbocycles. The fourth-order valence-corrected chi connectivity index (χ4v) is 2.16. The van der Waals surface area contributed by atoms with E-state index in [0.29, 0.717) is 12.0 Å². The van der Waals surface area contributed by atoms with Crippen molar-refractivity contribution in [3.05, 3.63) is 17.8 Å². The Balaban J connectivity index is 2.42. The molecule has 0 aromatic carbocycles. The molecule has 0 aliphatic heterocycles. The smallest absolute Gasteiger partial charge is 0.202 e. The summed E-state index contributed by atoms with van der Waals surface area (Å²) >= 11 is 0. The summed E-state index contributed by atoms with van der Waals surface area (Å²) in [6.45, 7) is 6.39. The lowest BCUT2D eigenvalue weighted by Crippen LogP contribution is -2.09. The Morgan fingerprint density at radius 3 is 2.94 bits per heavy atom. The summed E-state index contributed by atoms with van der Waals surface area (Å²) < 4.78 is 2.05. The number of anilines is 1. The summed E-state index contributed by atoms with van der Waals surface area (Å²) in [4.78, 5) is 8.83. The average molecular weight is 232 g/mol. The molecule has 2 rings (SSSR count). The van der Waals surface area contributed by atoms with Gasteiger partial charge in [-0.2, -0.15) is 0 Å². The van der Waals surface area contributed by atoms with Gasteiger partial charge in [0, 0.05) is 12.2 Å². The van der Waals surface area contributed by atoms with Gasteiger partial charge in [0.1, 0.15) is 5.52 Å². The third-order valence-electron chi connectivity index (χ3n) is 3.11. The molecular weight excluding hydrogens is 212 g/mol. The van der Waals surface area contributed by atoms with E-state index >= 15 is 0 Å². The second-order valence-corrected chi connectivity index (χ2v) is 4.69. The Kier molecular flexibility index (Phi) is 3.31. The zero-order valence-electron chi connectivity index (χ0n) is 10.8. The zero-order chi connectivity index (χ0) is 12.4. The SMILES string of the molecule is CCCCC(C)n1c(N)nc2cc(C)cnc21. The molecule has 0 saturated heterocycles. The standard InChI is InChI=1S/C13H20N4/c1-4-5-6-10(3)17-12-11(16-13(17)14)7-9(2)8-15-12/h7-8,10H,4-6H2,1-3H3,(H2,14,16). The van der Waals surface area contributed by atoms with Gasteiger partial charge in [-0.1, -0.05) is 19.8 Å². The number of hydrogen-bond donors (Lipinski definition) is 1. The quantitative estimate of drug-likeness (QED) is 0.881. The molecule has 1 unspecified atom stereocenters. The van der Waals surface area contributed by atoms with Crippen LogP contribution in [0.2, 0.25) is 0 Å². The maximum Gasteiger partial charge on any atom is 0.202 e. The van der Waals surface area contributed by atoms with Gasteiger partial charge in [0.15, 0.2) is 5.65 Å². The van der Waals surface area contributed by atoms with E-state index in [1.807, 2.05) is 23.8 Å². The van der Waals surface area contributed by atoms with Crippen LogP contribution in [0.25, 0.3) is 11.2 Å². The van der Waals surface area contributed by atoms with E-state index in [-0.39, 0.29) is 0 Å². The number of hydrogen-bond acceptors (Lipinski definition) is 3. The molecule has 0 amide bonds. The van der Waals surface area contributed by atoms with Crippen LogP contribution < -0.4 is 5.73 Å². The van der Waals surface area contributed by atoms with Gasteiger partial charge in [-0.3, -0.25) is 4.57 Å². The van der Waals surface area contributed by atoms with Gasteiger partial charge >= 0.3 is 0 Å². The van der Waals surface area contributed by atoms with Crippen molar-refractivity contribution in [2.24, 2.45) is 0 Å². The first-order valence-electron chi connectivity index (χ1n) is 6.23. The fourth-order valence-electron chi connectivity index (χ4n) is 2.16. The number of unbranched alkanes of at least 4 members (excludes halogenated alkanes) is 1. The van der Waals surface area contributed by atoms with Crippen molar-refractivity contribution < 1.29 is 0 Å². The number of nitrogens with zero attached hydrogens (tertiary/aromatic N) is 3. The molecule has 1 atom stereocenters. The van der Waals surface area contributed by atoms with Gasteiger partial charge in [0.2, 0.25) is 5.95 Å². The highest BCUT2D eigenvalue weighted by Gasteiger charge is 2.14. The molecule has 0 radical (unpaired) electrons. The Bertz CT molecular complexity index is 515. The normalized spacial score (nSPS) is 13.1. The Hall–Kier alpha value is -1.58. The molecule has 2 heterocycles. The molecule has 0 fully saturated rings. The molecule has 0 spiro atoms. The zero-order valence-corrected chi connectivity index (χ0v) is 10.8. The number of aryl methyl sites for hydroxylation is 1. The molecule has 0 aliphatic carbocycles. The third-order valence-corrected chi connectivity index (χ3v) is 3.11. The van der Waals surface area contributed by atoms with Crippen molar-refractivity contribution in [1.29, 1.82) is 0 Å². The number of fused-ring (bicyclic) bond motifs is 1. The van der Waals surface area contributed by atoms with Crippen LogP contribution in [0.4, 0.5) is 5.95 Å². The maximum absolute atomic E-state index is 5.99. The van der Waals surface area contributed by atoms with Gasteiger partial charge in [0.05, 0.1) is 0 Å². The van der Waals surface area contributed by atoms with Crippen LogP contribution in [0.15, 0.2) is 12.3 Å². The predicted octanol–water partition coefficient (Wildman–Crippen LogP) is 3.07. The van der Waals surface area contributed by atoms with E-state index < -0.39 is 0 Å². The second kappa shape index (κ2) is 4.73. The van der Waals surface area contributed by atoms with Crippen LogP contribution in [0.3, 0.4) is 0 Å². The van der Waals surface area contributed by atoms with E-state index in [0.717, 1.165) is 23.1 Å². The average Bonchev–Trinajstić information content (AvgIpc) is 2.61. The van der Waals surface area contributed by atoms with E-state index in [1.165, 1.54) is 12.8 Å². The summed E-state index contributed by atoms with van der Waals surface area (Å²) in [6, 6.07) is 2.39. The van der Waals surface area contributed by atoms with Crippen LogP contribution >= 0.6 is 0 Å². The second-order valence-electron chi connectivity index (χ2n) is 4.69. The van der Waals surface area contributed by atoms with E-state index in [2.05, 4.69) is 23.8 Å². The molecule has 2 N–H and O–H groups in total. The van der Waals surface area contributed by atoms with Gasteiger partial charge < -0.3 is 5.73 Å². The van der Waals surface area contributed by atoms with E-state index in [9.17, 15) is 0 Å². The van der Waals surface area contributed by atoms with Crippen molar-refractivity contribution in [3.63, 3.8) is 0 Å². The van der Waals surface area contributed by atoms with Gasteiger partial charge in [-0.05, 0) is 31.9 Å². The molecule has 4 nitrogen and oxygen atoms in total. The molecule has 92 valence electrons. The van der Waals surface area contributed by atoms with Crippen molar-refractivity contribution in [2.75, 3.05) is 5.73 Å². The molecule has 2 aromatic rings. The van der Waals surface area contributed by atoms with Crippen LogP contribution in [0, 0.1) is 6.92 Å². The number of aromatic nitrogens is 3. The molecule has 17 heavy (non-hydrogen) atoms. The highest BCUT2D eigenvalue weighted by atomic mass is 15.2. The lowest BCUT2D eigenvalue weighted by Gasteiger charge is -2.14. The number of imidazole rings is 1. The lowest BCUT2D eigenvalue weighted by atomic mass is 10.1. The van der Waals surface area contributed by atoms with Gasteiger partial charge in [-0.15, -0.1) is 0 Å². The molecule has 0 bridgehead atoms. The maximum atomic E-state index is 5.99. The first kappa shape index (κ1) is 11.9. The Morgan fingerprint density at radius 1 is 1.47 bits per heavy atom. The molecular formula is C13H20N4. The largest absolute Gasteiger partial charge is 0.369 e. The van der Waals surface area contributed by atoms with Crippen molar-refractivity contribution in [3.8, 4) is 0 Å². The summed E-state index contributed by atoms with van der Waals surface area (Å²) in [5.74, 6) is 0.571. The van der Waals surface area contributed by atoms with E-state index in [1.54, 1.807) is 0 Å². The third kappa shape index (κ3) is 2.25. The highest BCUT2D eigenvalue weighted by Crippen LogP contribution is 2.24. The van der Waals surface area contributed by atoms with Gasteiger partial charge in [0.25, 0.3) is 0 Å². The molecule has 4 heteroatoms.